The predicted molar refractivity (Wildman–Crippen MR) is 130 cm³/mol. The minimum atomic E-state index is -0.284. The van der Waals surface area contributed by atoms with Gasteiger partial charge in [0.15, 0.2) is 11.6 Å². The van der Waals surface area contributed by atoms with Gasteiger partial charge in [0.2, 0.25) is 0 Å². The van der Waals surface area contributed by atoms with Crippen LogP contribution < -0.4 is 5.32 Å². The van der Waals surface area contributed by atoms with Gasteiger partial charge < -0.3 is 20.1 Å². The third-order valence-corrected chi connectivity index (χ3v) is 7.11. The summed E-state index contributed by atoms with van der Waals surface area (Å²) in [6, 6.07) is 8.16. The first-order chi connectivity index (χ1) is 15.5. The molecule has 2 fully saturated rings. The van der Waals surface area contributed by atoms with Crippen molar-refractivity contribution in [1.82, 2.24) is 10.2 Å². The summed E-state index contributed by atoms with van der Waals surface area (Å²) >= 11 is 1.70. The lowest BCUT2D eigenvalue weighted by molar-refractivity contribution is 0.0546. The summed E-state index contributed by atoms with van der Waals surface area (Å²) in [5.74, 6) is 1.70. The van der Waals surface area contributed by atoms with Crippen molar-refractivity contribution >= 4 is 28.7 Å². The average molecular weight is 454 g/mol. The number of nitrogens with zero attached hydrogens (tertiary/aromatic N) is 2. The number of piperidine rings is 1. The Balaban J connectivity index is 1.58. The van der Waals surface area contributed by atoms with Crippen LogP contribution in [0.15, 0.2) is 40.4 Å². The zero-order chi connectivity index (χ0) is 22.7. The number of carbonyl (C=O) groups is 1. The molecule has 0 bridgehead atoms. The number of aliphatic imine (C=N–C) groups is 1. The molecule has 6 nitrogen and oxygen atoms in total. The van der Waals surface area contributed by atoms with E-state index in [-0.39, 0.29) is 12.0 Å². The van der Waals surface area contributed by atoms with Crippen molar-refractivity contribution in [3.8, 4) is 10.4 Å². The molecule has 0 aliphatic carbocycles. The van der Waals surface area contributed by atoms with E-state index in [1.54, 1.807) is 18.4 Å². The third kappa shape index (κ3) is 4.59. The molecule has 2 aliphatic rings. The van der Waals surface area contributed by atoms with E-state index in [0.717, 1.165) is 46.8 Å². The maximum absolute atomic E-state index is 12.9. The van der Waals surface area contributed by atoms with Crippen LogP contribution >= 0.6 is 11.3 Å². The maximum atomic E-state index is 12.9. The topological polar surface area (TPSA) is 74.2 Å². The number of hydrogen-bond donors (Lipinski definition) is 2. The fraction of sp³-hybridized carbons (Fsp3) is 0.440. The van der Waals surface area contributed by atoms with Gasteiger partial charge in [-0.25, -0.2) is 0 Å². The van der Waals surface area contributed by atoms with Crippen LogP contribution in [0, 0.1) is 6.92 Å². The van der Waals surface area contributed by atoms with Crippen molar-refractivity contribution in [3.63, 3.8) is 0 Å². The van der Waals surface area contributed by atoms with Crippen LogP contribution in [0.25, 0.3) is 16.0 Å². The molecule has 2 aliphatic heterocycles. The summed E-state index contributed by atoms with van der Waals surface area (Å²) in [6.45, 7) is 6.83. The van der Waals surface area contributed by atoms with Gasteiger partial charge >= 0.3 is 0 Å². The van der Waals surface area contributed by atoms with Gasteiger partial charge in [0, 0.05) is 36.2 Å². The molecule has 0 saturated carbocycles. The van der Waals surface area contributed by atoms with E-state index in [1.165, 1.54) is 4.88 Å². The molecule has 2 aromatic rings. The quantitative estimate of drug-likeness (QED) is 0.731. The number of benzene rings is 1. The fourth-order valence-electron chi connectivity index (χ4n) is 4.34. The monoisotopic (exact) mass is 453 g/mol. The number of morpholine rings is 1. The maximum Gasteiger partial charge on any atom is 0.253 e. The Morgan fingerprint density at radius 2 is 2.06 bits per heavy atom. The van der Waals surface area contributed by atoms with Gasteiger partial charge in [-0.05, 0) is 66.5 Å². The van der Waals surface area contributed by atoms with Crippen LogP contribution in [0.4, 0.5) is 0 Å². The number of aliphatic hydroxyl groups is 1. The second kappa shape index (κ2) is 9.88. The minimum absolute atomic E-state index is 0.0461. The highest BCUT2D eigenvalue weighted by atomic mass is 32.1. The van der Waals surface area contributed by atoms with Crippen molar-refractivity contribution in [3.05, 3.63) is 52.1 Å². The Morgan fingerprint density at radius 1 is 1.28 bits per heavy atom. The van der Waals surface area contributed by atoms with Crippen molar-refractivity contribution in [2.24, 2.45) is 4.99 Å². The number of hydrogen-bond acceptors (Lipinski definition) is 5. The molecule has 1 amide bonds. The molecule has 2 saturated heterocycles. The van der Waals surface area contributed by atoms with Gasteiger partial charge in [-0.3, -0.25) is 9.79 Å². The molecule has 4 rings (SSSR count). The molecule has 1 aromatic carbocycles. The summed E-state index contributed by atoms with van der Waals surface area (Å²) in [4.78, 5) is 20.2. The lowest BCUT2D eigenvalue weighted by Crippen LogP contribution is -2.40. The Morgan fingerprint density at radius 3 is 2.75 bits per heavy atom. The number of rotatable bonds is 4. The Kier molecular flexibility index (Phi) is 6.96. The van der Waals surface area contributed by atoms with Crippen molar-refractivity contribution < 1.29 is 14.6 Å². The highest BCUT2D eigenvalue weighted by molar-refractivity contribution is 7.13. The molecular formula is C25H31N3O3S. The predicted octanol–water partition coefficient (Wildman–Crippen LogP) is 4.09. The lowest BCUT2D eigenvalue weighted by atomic mass is 9.99. The fourth-order valence-corrected chi connectivity index (χ4v) is 5.35. The summed E-state index contributed by atoms with van der Waals surface area (Å²) < 4.78 is 5.97. The first kappa shape index (κ1) is 22.6. The zero-order valence-electron chi connectivity index (χ0n) is 19.0. The van der Waals surface area contributed by atoms with E-state index in [9.17, 15) is 9.90 Å². The molecule has 2 N–H and O–H groups in total. The first-order valence-electron chi connectivity index (χ1n) is 11.3. The average Bonchev–Trinajstić information content (AvgIpc) is 3.29. The third-order valence-electron chi connectivity index (χ3n) is 6.15. The van der Waals surface area contributed by atoms with Crippen LogP contribution in [-0.4, -0.2) is 61.1 Å². The Bertz CT molecular complexity index is 1050. The number of amides is 1. The van der Waals surface area contributed by atoms with Crippen molar-refractivity contribution in [2.75, 3.05) is 33.3 Å². The highest BCUT2D eigenvalue weighted by Crippen LogP contribution is 2.35. The SMILES string of the molecule is CC/C(=C1/OCCNC1=NC)c1csc(-c2ccc(C(=O)N3CCC(O)CC3)cc2C)c1. The van der Waals surface area contributed by atoms with Gasteiger partial charge in [-0.1, -0.05) is 13.0 Å². The molecule has 0 atom stereocenters. The largest absolute Gasteiger partial charge is 0.488 e. The van der Waals surface area contributed by atoms with Crippen LogP contribution in [0.3, 0.4) is 0 Å². The molecular weight excluding hydrogens is 422 g/mol. The number of likely N-dealkylation sites (tertiary alicyclic amines) is 1. The zero-order valence-corrected chi connectivity index (χ0v) is 19.8. The van der Waals surface area contributed by atoms with Crippen LogP contribution in [0.5, 0.6) is 0 Å². The number of nitrogens with one attached hydrogen (secondary N) is 1. The lowest BCUT2D eigenvalue weighted by Gasteiger charge is -2.29. The van der Waals surface area contributed by atoms with Crippen molar-refractivity contribution in [2.45, 2.75) is 39.2 Å². The second-order valence-corrected chi connectivity index (χ2v) is 9.17. The minimum Gasteiger partial charge on any atom is -0.488 e. The number of aryl methyl sites for hydroxylation is 1. The highest BCUT2D eigenvalue weighted by Gasteiger charge is 2.23. The van der Waals surface area contributed by atoms with Gasteiger partial charge in [0.25, 0.3) is 5.91 Å². The van der Waals surface area contributed by atoms with E-state index in [2.05, 4.69) is 35.6 Å². The molecule has 3 heterocycles. The van der Waals surface area contributed by atoms with Crippen LogP contribution in [0.2, 0.25) is 0 Å². The standard InChI is InChI=1S/C25H31N3O3S/c1-4-20(23-24(26-3)27-9-12-31-23)18-14-22(32-15-18)21-6-5-17(13-16(21)2)25(30)28-10-7-19(29)8-11-28/h5-6,13-15,19,29H,4,7-12H2,1-3H3,(H,26,27)/b23-20-. The molecule has 170 valence electrons. The number of carbonyl (C=O) groups excluding carboxylic acids is 1. The molecule has 32 heavy (non-hydrogen) atoms. The number of thiophene rings is 1. The Hall–Kier alpha value is -2.64. The number of aliphatic hydroxyl groups excluding tert-OH is 1. The molecule has 0 radical (unpaired) electrons. The van der Waals surface area contributed by atoms with Gasteiger partial charge in [-0.2, -0.15) is 0 Å². The van der Waals surface area contributed by atoms with Gasteiger partial charge in [0.05, 0.1) is 12.6 Å². The van der Waals surface area contributed by atoms with Gasteiger partial charge in [0.1, 0.15) is 6.61 Å². The first-order valence-corrected chi connectivity index (χ1v) is 12.1. The Labute approximate surface area is 193 Å². The summed E-state index contributed by atoms with van der Waals surface area (Å²) in [7, 11) is 1.78. The summed E-state index contributed by atoms with van der Waals surface area (Å²) in [6.07, 6.45) is 1.87. The van der Waals surface area contributed by atoms with Crippen LogP contribution in [-0.2, 0) is 4.74 Å². The number of allylic oxidation sites excluding steroid dienone is 1. The van der Waals surface area contributed by atoms with E-state index in [4.69, 9.17) is 4.74 Å². The van der Waals surface area contributed by atoms with E-state index < -0.39 is 0 Å². The normalized spacial score (nSPS) is 20.1. The van der Waals surface area contributed by atoms with Gasteiger partial charge in [-0.15, -0.1) is 11.3 Å². The van der Waals surface area contributed by atoms with E-state index in [1.807, 2.05) is 23.1 Å². The molecule has 0 unspecified atom stereocenters. The molecule has 7 heteroatoms. The number of ether oxygens (including phenoxy) is 1. The molecule has 0 spiro atoms. The smallest absolute Gasteiger partial charge is 0.253 e. The van der Waals surface area contributed by atoms with Crippen LogP contribution in [0.1, 0.15) is 47.7 Å². The van der Waals surface area contributed by atoms with E-state index in [0.29, 0.717) is 38.1 Å². The second-order valence-electron chi connectivity index (χ2n) is 8.26. The van der Waals surface area contributed by atoms with E-state index >= 15 is 0 Å². The number of amidine groups is 1. The summed E-state index contributed by atoms with van der Waals surface area (Å²) in [5, 5.41) is 15.2. The molecule has 1 aromatic heterocycles. The van der Waals surface area contributed by atoms with Crippen molar-refractivity contribution in [1.29, 1.82) is 0 Å². The summed E-state index contributed by atoms with van der Waals surface area (Å²) in [5.41, 5.74) is 5.23.